The molecule has 0 bridgehead atoms. The average molecular weight is 211 g/mol. The maximum atomic E-state index is 11.7. The van der Waals surface area contributed by atoms with E-state index in [9.17, 15) is 13.2 Å². The molecule has 0 spiro atoms. The van der Waals surface area contributed by atoms with Gasteiger partial charge in [0.15, 0.2) is 0 Å². The lowest BCUT2D eigenvalue weighted by Crippen LogP contribution is -2.53. The fourth-order valence-electron chi connectivity index (χ4n) is 1.56. The van der Waals surface area contributed by atoms with Crippen LogP contribution in [-0.4, -0.2) is 32.5 Å². The van der Waals surface area contributed by atoms with Crippen LogP contribution in [0.5, 0.6) is 0 Å². The number of halogens is 3. The standard InChI is InChI=1S/C9H16F3NO/c1-2-8(5-13-6-8)3-4-14-7-9(10,11)12/h13H,2-7H2,1H3. The molecule has 1 heterocycles. The molecule has 5 heteroatoms. The van der Waals surface area contributed by atoms with E-state index < -0.39 is 12.8 Å². The maximum Gasteiger partial charge on any atom is 0.411 e. The molecule has 0 saturated carbocycles. The van der Waals surface area contributed by atoms with Crippen LogP contribution in [0, 0.1) is 5.41 Å². The van der Waals surface area contributed by atoms with Gasteiger partial charge in [-0.1, -0.05) is 6.92 Å². The third-order valence-electron chi connectivity index (χ3n) is 2.79. The molecule has 0 amide bonds. The molecule has 0 radical (unpaired) electrons. The van der Waals surface area contributed by atoms with Gasteiger partial charge in [-0.2, -0.15) is 13.2 Å². The smallest absolute Gasteiger partial charge is 0.372 e. The Morgan fingerprint density at radius 2 is 2.00 bits per heavy atom. The molecule has 0 atom stereocenters. The van der Waals surface area contributed by atoms with Gasteiger partial charge in [-0.05, 0) is 18.3 Å². The van der Waals surface area contributed by atoms with Gasteiger partial charge >= 0.3 is 6.18 Å². The summed E-state index contributed by atoms with van der Waals surface area (Å²) in [7, 11) is 0. The highest BCUT2D eigenvalue weighted by atomic mass is 19.4. The van der Waals surface area contributed by atoms with Crippen LogP contribution >= 0.6 is 0 Å². The van der Waals surface area contributed by atoms with E-state index in [-0.39, 0.29) is 12.0 Å². The molecular formula is C9H16F3NO. The van der Waals surface area contributed by atoms with E-state index in [1.807, 2.05) is 0 Å². The molecule has 2 nitrogen and oxygen atoms in total. The van der Waals surface area contributed by atoms with Crippen LogP contribution in [0.15, 0.2) is 0 Å². The first-order chi connectivity index (χ1) is 6.47. The maximum absolute atomic E-state index is 11.7. The molecule has 0 aromatic heterocycles. The van der Waals surface area contributed by atoms with Crippen molar-refractivity contribution in [2.24, 2.45) is 5.41 Å². The van der Waals surface area contributed by atoms with E-state index in [1.165, 1.54) is 0 Å². The minimum absolute atomic E-state index is 0.186. The highest BCUT2D eigenvalue weighted by molar-refractivity contribution is 4.90. The van der Waals surface area contributed by atoms with Gasteiger partial charge in [0.25, 0.3) is 0 Å². The molecule has 1 fully saturated rings. The fourth-order valence-corrected chi connectivity index (χ4v) is 1.56. The van der Waals surface area contributed by atoms with Crippen molar-refractivity contribution in [2.75, 3.05) is 26.3 Å². The number of nitrogens with one attached hydrogen (secondary N) is 1. The summed E-state index contributed by atoms with van der Waals surface area (Å²) in [6.45, 7) is 2.94. The van der Waals surface area contributed by atoms with E-state index in [2.05, 4.69) is 17.0 Å². The predicted molar refractivity (Wildman–Crippen MR) is 47.1 cm³/mol. The highest BCUT2D eigenvalue weighted by Crippen LogP contribution is 2.30. The summed E-state index contributed by atoms with van der Waals surface area (Å²) >= 11 is 0. The van der Waals surface area contributed by atoms with Crippen LogP contribution in [0.3, 0.4) is 0 Å². The Balaban J connectivity index is 2.09. The number of hydrogen-bond acceptors (Lipinski definition) is 2. The van der Waals surface area contributed by atoms with Crippen molar-refractivity contribution in [3.05, 3.63) is 0 Å². The van der Waals surface area contributed by atoms with Crippen molar-refractivity contribution < 1.29 is 17.9 Å². The zero-order valence-corrected chi connectivity index (χ0v) is 8.28. The Hall–Kier alpha value is -0.290. The van der Waals surface area contributed by atoms with E-state index >= 15 is 0 Å². The van der Waals surface area contributed by atoms with Gasteiger partial charge in [-0.3, -0.25) is 0 Å². The summed E-state index contributed by atoms with van der Waals surface area (Å²) in [5, 5.41) is 3.13. The second kappa shape index (κ2) is 4.49. The number of ether oxygens (including phenoxy) is 1. The number of rotatable bonds is 5. The van der Waals surface area contributed by atoms with Gasteiger partial charge in [0.2, 0.25) is 0 Å². The van der Waals surface area contributed by atoms with E-state index in [0.29, 0.717) is 6.42 Å². The Morgan fingerprint density at radius 3 is 2.36 bits per heavy atom. The van der Waals surface area contributed by atoms with Crippen molar-refractivity contribution in [3.63, 3.8) is 0 Å². The molecular weight excluding hydrogens is 195 g/mol. The Kier molecular flexibility index (Phi) is 3.78. The summed E-state index contributed by atoms with van der Waals surface area (Å²) in [5.74, 6) is 0. The van der Waals surface area contributed by atoms with Gasteiger partial charge in [-0.25, -0.2) is 0 Å². The van der Waals surface area contributed by atoms with Crippen molar-refractivity contribution in [2.45, 2.75) is 25.9 Å². The Bertz CT molecular complexity index is 172. The molecule has 0 aromatic carbocycles. The minimum atomic E-state index is -4.20. The quantitative estimate of drug-likeness (QED) is 0.702. The van der Waals surface area contributed by atoms with Crippen molar-refractivity contribution >= 4 is 0 Å². The molecule has 1 aliphatic heterocycles. The average Bonchev–Trinajstić information content (AvgIpc) is 2.00. The number of hydrogen-bond donors (Lipinski definition) is 1. The lowest BCUT2D eigenvalue weighted by Gasteiger charge is -2.42. The lowest BCUT2D eigenvalue weighted by atomic mass is 9.76. The minimum Gasteiger partial charge on any atom is -0.372 e. The summed E-state index contributed by atoms with van der Waals surface area (Å²) in [6, 6.07) is 0. The molecule has 0 aliphatic carbocycles. The summed E-state index contributed by atoms with van der Waals surface area (Å²) in [6.07, 6.45) is -2.49. The topological polar surface area (TPSA) is 21.3 Å². The van der Waals surface area contributed by atoms with Gasteiger partial charge in [0, 0.05) is 19.7 Å². The molecule has 84 valence electrons. The first-order valence-corrected chi connectivity index (χ1v) is 4.83. The normalized spacial score (nSPS) is 20.6. The second-order valence-corrected chi connectivity index (χ2v) is 3.87. The van der Waals surface area contributed by atoms with E-state index in [1.54, 1.807) is 0 Å². The summed E-state index contributed by atoms with van der Waals surface area (Å²) < 4.78 is 39.7. The molecule has 1 aliphatic rings. The van der Waals surface area contributed by atoms with Gasteiger partial charge < -0.3 is 10.1 Å². The van der Waals surface area contributed by atoms with Crippen LogP contribution in [0.1, 0.15) is 19.8 Å². The van der Waals surface area contributed by atoms with Crippen LogP contribution in [-0.2, 0) is 4.74 Å². The van der Waals surface area contributed by atoms with Crippen molar-refractivity contribution in [3.8, 4) is 0 Å². The molecule has 1 saturated heterocycles. The first kappa shape index (κ1) is 11.8. The van der Waals surface area contributed by atoms with E-state index in [4.69, 9.17) is 0 Å². The third-order valence-corrected chi connectivity index (χ3v) is 2.79. The van der Waals surface area contributed by atoms with Crippen LogP contribution in [0.4, 0.5) is 13.2 Å². The Morgan fingerprint density at radius 1 is 1.36 bits per heavy atom. The van der Waals surface area contributed by atoms with Gasteiger partial charge in [-0.15, -0.1) is 0 Å². The van der Waals surface area contributed by atoms with Crippen LogP contribution in [0.25, 0.3) is 0 Å². The van der Waals surface area contributed by atoms with E-state index in [0.717, 1.165) is 19.5 Å². The van der Waals surface area contributed by atoms with Crippen molar-refractivity contribution in [1.82, 2.24) is 5.32 Å². The van der Waals surface area contributed by atoms with Crippen LogP contribution in [0.2, 0.25) is 0 Å². The molecule has 0 unspecified atom stereocenters. The fraction of sp³-hybridized carbons (Fsp3) is 1.00. The molecule has 14 heavy (non-hydrogen) atoms. The van der Waals surface area contributed by atoms with Crippen LogP contribution < -0.4 is 5.32 Å². The SMILES string of the molecule is CCC1(CCOCC(F)(F)F)CNC1. The zero-order valence-electron chi connectivity index (χ0n) is 8.28. The number of alkyl halides is 3. The Labute approximate surface area is 81.8 Å². The largest absolute Gasteiger partial charge is 0.411 e. The molecule has 1 rings (SSSR count). The predicted octanol–water partition coefficient (Wildman–Crippen LogP) is 1.95. The monoisotopic (exact) mass is 211 g/mol. The van der Waals surface area contributed by atoms with Crippen molar-refractivity contribution in [1.29, 1.82) is 0 Å². The molecule has 0 aromatic rings. The summed E-state index contributed by atoms with van der Waals surface area (Å²) in [4.78, 5) is 0. The lowest BCUT2D eigenvalue weighted by molar-refractivity contribution is -0.176. The summed E-state index contributed by atoms with van der Waals surface area (Å²) in [5.41, 5.74) is 0.186. The first-order valence-electron chi connectivity index (χ1n) is 4.83. The van der Waals surface area contributed by atoms with Gasteiger partial charge in [0.1, 0.15) is 6.61 Å². The highest BCUT2D eigenvalue weighted by Gasteiger charge is 2.35. The van der Waals surface area contributed by atoms with Gasteiger partial charge in [0.05, 0.1) is 0 Å². The third kappa shape index (κ3) is 3.46. The zero-order chi connectivity index (χ0) is 10.7. The molecule has 1 N–H and O–H groups in total. The second-order valence-electron chi connectivity index (χ2n) is 3.87.